The molecule has 5 heteroatoms. The number of hydrogen-bond donors (Lipinski definition) is 1. The maximum absolute atomic E-state index is 5.96. The van der Waals surface area contributed by atoms with Crippen LogP contribution in [0.5, 0.6) is 0 Å². The predicted octanol–water partition coefficient (Wildman–Crippen LogP) is 2.53. The Balaban J connectivity index is 1.92. The molecule has 2 N–H and O–H groups in total. The van der Waals surface area contributed by atoms with Crippen LogP contribution < -0.4 is 5.73 Å². The fourth-order valence-corrected chi connectivity index (χ4v) is 3.21. The lowest BCUT2D eigenvalue weighted by Gasteiger charge is -2.20. The number of rotatable bonds is 2. The Hall–Kier alpha value is -2.30. The molecule has 0 saturated heterocycles. The van der Waals surface area contributed by atoms with Crippen molar-refractivity contribution >= 4 is 16.8 Å². The molecule has 2 aromatic heterocycles. The average molecular weight is 268 g/mol. The van der Waals surface area contributed by atoms with Gasteiger partial charge in [-0.15, -0.1) is 0 Å². The second-order valence-electron chi connectivity index (χ2n) is 5.34. The van der Waals surface area contributed by atoms with E-state index in [9.17, 15) is 0 Å². The van der Waals surface area contributed by atoms with Crippen molar-refractivity contribution in [1.29, 1.82) is 0 Å². The van der Waals surface area contributed by atoms with Crippen LogP contribution in [-0.2, 0) is 19.4 Å². The molecular formula is C15H16N4O. The smallest absolute Gasteiger partial charge is 0.175 e. The third-order valence-corrected chi connectivity index (χ3v) is 4.10. The summed E-state index contributed by atoms with van der Waals surface area (Å²) in [5.41, 5.74) is 10.8. The maximum atomic E-state index is 5.96. The van der Waals surface area contributed by atoms with Gasteiger partial charge >= 0.3 is 0 Å². The van der Waals surface area contributed by atoms with Gasteiger partial charge in [-0.25, -0.2) is 0 Å². The summed E-state index contributed by atoms with van der Waals surface area (Å²) in [7, 11) is 0. The Morgan fingerprint density at radius 2 is 2.10 bits per heavy atom. The summed E-state index contributed by atoms with van der Waals surface area (Å²) in [5, 5.41) is 9.23. The second-order valence-corrected chi connectivity index (χ2v) is 5.34. The molecule has 20 heavy (non-hydrogen) atoms. The number of aryl methyl sites for hydroxylation is 1. The highest BCUT2D eigenvalue weighted by Gasteiger charge is 2.21. The highest BCUT2D eigenvalue weighted by Crippen LogP contribution is 2.35. The van der Waals surface area contributed by atoms with Crippen molar-refractivity contribution in [3.05, 3.63) is 41.2 Å². The molecule has 0 atom stereocenters. The fourth-order valence-electron chi connectivity index (χ4n) is 3.21. The Bertz CT molecular complexity index is 758. The van der Waals surface area contributed by atoms with Crippen molar-refractivity contribution in [3.8, 4) is 0 Å². The quantitative estimate of drug-likeness (QED) is 0.775. The summed E-state index contributed by atoms with van der Waals surface area (Å²) >= 11 is 0. The molecule has 1 aliphatic rings. The van der Waals surface area contributed by atoms with Gasteiger partial charge in [-0.3, -0.25) is 4.68 Å². The fraction of sp³-hybridized carbons (Fsp3) is 0.333. The molecule has 4 rings (SSSR count). The molecule has 2 heterocycles. The van der Waals surface area contributed by atoms with E-state index in [0.717, 1.165) is 30.4 Å². The van der Waals surface area contributed by atoms with Crippen LogP contribution in [0, 0.1) is 0 Å². The van der Waals surface area contributed by atoms with Crippen LogP contribution in [0.3, 0.4) is 0 Å². The summed E-state index contributed by atoms with van der Waals surface area (Å²) in [4.78, 5) is 0. The van der Waals surface area contributed by atoms with Crippen LogP contribution in [-0.4, -0.2) is 14.9 Å². The molecule has 0 saturated carbocycles. The van der Waals surface area contributed by atoms with Crippen LogP contribution in [0.25, 0.3) is 11.0 Å². The van der Waals surface area contributed by atoms with Gasteiger partial charge in [0.25, 0.3) is 0 Å². The third-order valence-electron chi connectivity index (χ3n) is 4.10. The van der Waals surface area contributed by atoms with Crippen molar-refractivity contribution < 1.29 is 4.52 Å². The van der Waals surface area contributed by atoms with Crippen LogP contribution in [0.4, 0.5) is 5.82 Å². The van der Waals surface area contributed by atoms with E-state index in [4.69, 9.17) is 10.3 Å². The van der Waals surface area contributed by atoms with E-state index < -0.39 is 0 Å². The Labute approximate surface area is 116 Å². The number of nitrogens with two attached hydrogens (primary N) is 1. The standard InChI is InChI=1S/C15H16N4O/c16-15-14-12-5-2-1-4-11(12)10(8-13(14)20-18-15)9-19-7-3-6-17-19/h3,6-8H,1-2,4-5,9H2,(H2,16,18). The minimum atomic E-state index is 0.517. The second kappa shape index (κ2) is 4.37. The molecular weight excluding hydrogens is 252 g/mol. The Morgan fingerprint density at radius 3 is 2.90 bits per heavy atom. The third kappa shape index (κ3) is 1.70. The predicted molar refractivity (Wildman–Crippen MR) is 76.4 cm³/mol. The molecule has 3 aromatic rings. The Kier molecular flexibility index (Phi) is 2.52. The number of nitrogen functional groups attached to an aromatic ring is 1. The Morgan fingerprint density at radius 1 is 1.25 bits per heavy atom. The van der Waals surface area contributed by atoms with Gasteiger partial charge in [0.05, 0.1) is 11.9 Å². The van der Waals surface area contributed by atoms with Gasteiger partial charge in [-0.1, -0.05) is 5.16 Å². The zero-order valence-corrected chi connectivity index (χ0v) is 11.2. The van der Waals surface area contributed by atoms with Crippen LogP contribution in [0.2, 0.25) is 0 Å². The lowest BCUT2D eigenvalue weighted by molar-refractivity contribution is 0.460. The van der Waals surface area contributed by atoms with Crippen LogP contribution in [0.15, 0.2) is 29.0 Å². The number of nitrogens with zero attached hydrogens (tertiary/aromatic N) is 3. The van der Waals surface area contributed by atoms with Gasteiger partial charge in [0, 0.05) is 12.4 Å². The number of anilines is 1. The summed E-state index contributed by atoms with van der Waals surface area (Å²) in [6.07, 6.45) is 8.38. The molecule has 0 aliphatic heterocycles. The van der Waals surface area contributed by atoms with Crippen LogP contribution >= 0.6 is 0 Å². The first-order chi connectivity index (χ1) is 9.83. The summed E-state index contributed by atoms with van der Waals surface area (Å²) in [6.45, 7) is 0.770. The van der Waals surface area contributed by atoms with Gasteiger partial charge in [-0.2, -0.15) is 5.10 Å². The molecule has 0 spiro atoms. The summed E-state index contributed by atoms with van der Waals surface area (Å²) in [6, 6.07) is 4.02. The number of fused-ring (bicyclic) bond motifs is 3. The average Bonchev–Trinajstić information content (AvgIpc) is 3.09. The van der Waals surface area contributed by atoms with E-state index in [1.165, 1.54) is 29.5 Å². The number of benzene rings is 1. The van der Waals surface area contributed by atoms with Gasteiger partial charge in [0.1, 0.15) is 0 Å². The van der Waals surface area contributed by atoms with Gasteiger partial charge in [0.2, 0.25) is 0 Å². The molecule has 0 bridgehead atoms. The largest absolute Gasteiger partial charge is 0.380 e. The van der Waals surface area contributed by atoms with E-state index >= 15 is 0 Å². The van der Waals surface area contributed by atoms with Crippen molar-refractivity contribution in [1.82, 2.24) is 14.9 Å². The summed E-state index contributed by atoms with van der Waals surface area (Å²) in [5.74, 6) is 0.517. The maximum Gasteiger partial charge on any atom is 0.175 e. The first-order valence-corrected chi connectivity index (χ1v) is 6.99. The molecule has 0 radical (unpaired) electrons. The SMILES string of the molecule is Nc1noc2cc(Cn3cccn3)c3c(c12)CCCC3. The zero-order chi connectivity index (χ0) is 13.5. The van der Waals surface area contributed by atoms with Crippen molar-refractivity contribution in [2.45, 2.75) is 32.2 Å². The van der Waals surface area contributed by atoms with E-state index in [-0.39, 0.29) is 0 Å². The molecule has 5 nitrogen and oxygen atoms in total. The molecule has 102 valence electrons. The van der Waals surface area contributed by atoms with Gasteiger partial charge in [0.15, 0.2) is 11.4 Å². The minimum Gasteiger partial charge on any atom is -0.380 e. The molecule has 1 aromatic carbocycles. The first kappa shape index (κ1) is 11.5. The van der Waals surface area contributed by atoms with Crippen molar-refractivity contribution in [2.75, 3.05) is 5.73 Å². The summed E-state index contributed by atoms with van der Waals surface area (Å²) < 4.78 is 7.31. The lowest BCUT2D eigenvalue weighted by atomic mass is 9.86. The topological polar surface area (TPSA) is 69.9 Å². The molecule has 1 aliphatic carbocycles. The first-order valence-electron chi connectivity index (χ1n) is 6.99. The lowest BCUT2D eigenvalue weighted by Crippen LogP contribution is -2.10. The molecule has 0 fully saturated rings. The highest BCUT2D eigenvalue weighted by atomic mass is 16.5. The van der Waals surface area contributed by atoms with E-state index in [1.54, 1.807) is 6.20 Å². The molecule has 0 amide bonds. The van der Waals surface area contributed by atoms with Crippen molar-refractivity contribution in [2.24, 2.45) is 0 Å². The number of hydrogen-bond acceptors (Lipinski definition) is 4. The van der Waals surface area contributed by atoms with Gasteiger partial charge < -0.3 is 10.3 Å². The van der Waals surface area contributed by atoms with Crippen LogP contribution in [0.1, 0.15) is 29.5 Å². The number of aromatic nitrogens is 3. The molecule has 0 unspecified atom stereocenters. The zero-order valence-electron chi connectivity index (χ0n) is 11.2. The van der Waals surface area contributed by atoms with E-state index in [2.05, 4.69) is 16.3 Å². The van der Waals surface area contributed by atoms with Crippen molar-refractivity contribution in [3.63, 3.8) is 0 Å². The minimum absolute atomic E-state index is 0.517. The normalized spacial score (nSPS) is 14.6. The van der Waals surface area contributed by atoms with Gasteiger partial charge in [-0.05, 0) is 54.5 Å². The highest BCUT2D eigenvalue weighted by molar-refractivity contribution is 5.92. The van der Waals surface area contributed by atoms with E-state index in [1.807, 2.05) is 16.9 Å². The monoisotopic (exact) mass is 268 g/mol. The van der Waals surface area contributed by atoms with E-state index in [0.29, 0.717) is 5.82 Å².